The summed E-state index contributed by atoms with van der Waals surface area (Å²) in [4.78, 5) is 98.3. The molecule has 2 saturated heterocycles. The lowest BCUT2D eigenvalue weighted by Gasteiger charge is -2.49. The average molecular weight is 973 g/mol. The van der Waals surface area contributed by atoms with Crippen molar-refractivity contribution < 1.29 is 95.2 Å². The van der Waals surface area contributed by atoms with E-state index in [-0.39, 0.29) is 5.97 Å². The van der Waals surface area contributed by atoms with Crippen LogP contribution in [-0.2, 0) is 95.2 Å². The minimum Gasteiger partial charge on any atom is -0.466 e. The fraction of sp³-hybridized carbons (Fsp3) is 0.792. The van der Waals surface area contributed by atoms with Crippen LogP contribution >= 0.6 is 0 Å². The lowest BCUT2D eigenvalue weighted by molar-refractivity contribution is -0.372. The van der Waals surface area contributed by atoms with Crippen LogP contribution < -0.4 is 0 Å². The highest BCUT2D eigenvalue weighted by Crippen LogP contribution is 2.36. The van der Waals surface area contributed by atoms with Crippen molar-refractivity contribution in [1.29, 1.82) is 0 Å². The summed E-state index contributed by atoms with van der Waals surface area (Å²) in [6.07, 6.45) is 2.34. The molecule has 2 heterocycles. The second-order valence-electron chi connectivity index (χ2n) is 17.0. The molecule has 0 N–H and O–H groups in total. The Morgan fingerprint density at radius 2 is 0.897 bits per heavy atom. The number of unbranched alkanes of at least 4 members (excludes halogenated alkanes) is 10. The molecule has 20 nitrogen and oxygen atoms in total. The van der Waals surface area contributed by atoms with Gasteiger partial charge in [0, 0.05) is 54.9 Å². The van der Waals surface area contributed by atoms with Gasteiger partial charge in [0.05, 0.1) is 12.7 Å². The number of hydrogen-bond acceptors (Lipinski definition) is 20. The van der Waals surface area contributed by atoms with E-state index in [1.54, 1.807) is 6.92 Å². The predicted molar refractivity (Wildman–Crippen MR) is 239 cm³/mol. The van der Waals surface area contributed by atoms with Crippen molar-refractivity contribution >= 4 is 47.8 Å². The SMILES string of the molecule is CCCCOC(=O)CCCCCCC/C=C\CCCCCCC(C)O[C@@H]1O[C@H](COC(C)=O)[C@@H](OC(C)=O)[C@H](OC(C)=O)[C@H]1O[C@@H]1O[C@H](COC(C)=O)[C@@H](OC(C)=O)[C@H](OC(C)=O)[C@H]1OC(C)=O. The summed E-state index contributed by atoms with van der Waals surface area (Å²) < 4.78 is 69.1. The molecule has 2 aliphatic rings. The van der Waals surface area contributed by atoms with E-state index in [1.807, 2.05) is 0 Å². The summed E-state index contributed by atoms with van der Waals surface area (Å²) in [7, 11) is 0. The van der Waals surface area contributed by atoms with Gasteiger partial charge in [-0.2, -0.15) is 0 Å². The van der Waals surface area contributed by atoms with Gasteiger partial charge in [-0.25, -0.2) is 0 Å². The zero-order valence-electron chi connectivity index (χ0n) is 41.4. The molecule has 388 valence electrons. The van der Waals surface area contributed by atoms with Crippen LogP contribution in [0.25, 0.3) is 0 Å². The first-order valence-corrected chi connectivity index (χ1v) is 23.9. The number of carbonyl (C=O) groups excluding carboxylic acids is 8. The van der Waals surface area contributed by atoms with Gasteiger partial charge in [0.15, 0.2) is 49.2 Å². The number of esters is 8. The van der Waals surface area contributed by atoms with Crippen molar-refractivity contribution in [3.63, 3.8) is 0 Å². The van der Waals surface area contributed by atoms with Crippen molar-refractivity contribution in [3.05, 3.63) is 12.2 Å². The van der Waals surface area contributed by atoms with Gasteiger partial charge in [-0.05, 0) is 51.9 Å². The zero-order valence-corrected chi connectivity index (χ0v) is 41.4. The van der Waals surface area contributed by atoms with Gasteiger partial charge in [-0.1, -0.05) is 64.0 Å². The largest absolute Gasteiger partial charge is 0.466 e. The molecule has 2 fully saturated rings. The summed E-state index contributed by atoms with van der Waals surface area (Å²) in [5, 5.41) is 0. The molecule has 0 bridgehead atoms. The molecule has 0 aromatic heterocycles. The standard InChI is InChI=1S/C48H76O20/c1-10-11-27-57-40(56)26-24-22-20-18-16-14-12-13-15-17-19-21-23-25-30(2)60-47-46(44(64-36(8)54)42(62-34(6)52)38(66-47)28-58-31(3)49)68-48-45(65-37(9)55)43(63-35(7)53)41(61-33(5)51)39(67-48)29-59-32(4)50/h12-13,30,38-39,41-48H,10-11,14-29H2,1-9H3/b13-12-/t30?,38-,39-,41-,42-,43+,44+,45-,46-,47-,48+/m1/s1. The number of carbonyl (C=O) groups is 8. The number of rotatable bonds is 31. The Balaban J connectivity index is 2.24. The molecule has 0 aliphatic carbocycles. The fourth-order valence-corrected chi connectivity index (χ4v) is 7.62. The molecular weight excluding hydrogens is 897 g/mol. The van der Waals surface area contributed by atoms with Crippen LogP contribution in [0.5, 0.6) is 0 Å². The third-order valence-electron chi connectivity index (χ3n) is 10.7. The molecule has 0 amide bonds. The number of allylic oxidation sites excluding steroid dienone is 2. The van der Waals surface area contributed by atoms with Crippen molar-refractivity contribution in [1.82, 2.24) is 0 Å². The molecule has 0 aromatic rings. The second kappa shape index (κ2) is 33.0. The molecule has 2 rings (SSSR count). The minimum absolute atomic E-state index is 0.103. The van der Waals surface area contributed by atoms with Crippen LogP contribution in [0, 0.1) is 0 Å². The summed E-state index contributed by atoms with van der Waals surface area (Å²) in [5.74, 6) is -5.80. The Hall–Kier alpha value is -4.66. The van der Waals surface area contributed by atoms with Crippen LogP contribution in [0.3, 0.4) is 0 Å². The van der Waals surface area contributed by atoms with Crippen molar-refractivity contribution in [2.45, 2.75) is 226 Å². The van der Waals surface area contributed by atoms with E-state index in [4.69, 9.17) is 56.8 Å². The van der Waals surface area contributed by atoms with Gasteiger partial charge < -0.3 is 56.8 Å². The predicted octanol–water partition coefficient (Wildman–Crippen LogP) is 5.98. The van der Waals surface area contributed by atoms with Crippen molar-refractivity contribution in [2.24, 2.45) is 0 Å². The van der Waals surface area contributed by atoms with Gasteiger partial charge in [0.1, 0.15) is 25.4 Å². The third kappa shape index (κ3) is 24.1. The van der Waals surface area contributed by atoms with E-state index in [1.165, 1.54) is 6.92 Å². The van der Waals surface area contributed by atoms with E-state index in [9.17, 15) is 38.4 Å². The summed E-state index contributed by atoms with van der Waals surface area (Å²) in [6, 6.07) is 0. The molecular formula is C48H76O20. The first kappa shape index (κ1) is 59.5. The molecule has 1 unspecified atom stereocenters. The van der Waals surface area contributed by atoms with Crippen LogP contribution in [-0.4, -0.2) is 135 Å². The van der Waals surface area contributed by atoms with Crippen LogP contribution in [0.15, 0.2) is 12.2 Å². The fourth-order valence-electron chi connectivity index (χ4n) is 7.62. The van der Waals surface area contributed by atoms with E-state index in [0.717, 1.165) is 125 Å². The van der Waals surface area contributed by atoms with E-state index in [0.29, 0.717) is 19.4 Å². The second-order valence-corrected chi connectivity index (χ2v) is 17.0. The quantitative estimate of drug-likeness (QED) is 0.0335. The summed E-state index contributed by atoms with van der Waals surface area (Å²) in [5.41, 5.74) is 0. The maximum absolute atomic E-state index is 12.8. The Kier molecular flexibility index (Phi) is 28.8. The van der Waals surface area contributed by atoms with Crippen LogP contribution in [0.4, 0.5) is 0 Å². The van der Waals surface area contributed by atoms with E-state index in [2.05, 4.69) is 19.1 Å². The van der Waals surface area contributed by atoms with Crippen LogP contribution in [0.1, 0.15) is 159 Å². The maximum atomic E-state index is 12.8. The Morgan fingerprint density at radius 3 is 1.38 bits per heavy atom. The van der Waals surface area contributed by atoms with Crippen molar-refractivity contribution in [3.8, 4) is 0 Å². The Labute approximate surface area is 400 Å². The van der Waals surface area contributed by atoms with Gasteiger partial charge in [0.2, 0.25) is 0 Å². The summed E-state index contributed by atoms with van der Waals surface area (Å²) >= 11 is 0. The van der Waals surface area contributed by atoms with Gasteiger partial charge in [0.25, 0.3) is 0 Å². The topological polar surface area (TPSA) is 247 Å². The monoisotopic (exact) mass is 972 g/mol. The smallest absolute Gasteiger partial charge is 0.305 e. The van der Waals surface area contributed by atoms with Crippen molar-refractivity contribution in [2.75, 3.05) is 19.8 Å². The Morgan fingerprint density at radius 1 is 0.471 bits per heavy atom. The first-order valence-electron chi connectivity index (χ1n) is 23.9. The molecule has 2 aliphatic heterocycles. The minimum atomic E-state index is -1.77. The molecule has 0 spiro atoms. The Bertz CT molecular complexity index is 1610. The normalized spacial score (nSPS) is 25.1. The molecule has 0 radical (unpaired) electrons. The lowest BCUT2D eigenvalue weighted by atomic mass is 9.96. The van der Waals surface area contributed by atoms with Gasteiger partial charge >= 0.3 is 47.8 Å². The maximum Gasteiger partial charge on any atom is 0.305 e. The molecule has 20 heteroatoms. The highest BCUT2D eigenvalue weighted by Gasteiger charge is 2.58. The lowest BCUT2D eigenvalue weighted by Crippen LogP contribution is -2.67. The summed E-state index contributed by atoms with van der Waals surface area (Å²) in [6.45, 7) is 11.0. The van der Waals surface area contributed by atoms with Gasteiger partial charge in [-0.3, -0.25) is 38.4 Å². The number of hydrogen-bond donors (Lipinski definition) is 0. The third-order valence-corrected chi connectivity index (χ3v) is 10.7. The van der Waals surface area contributed by atoms with E-state index >= 15 is 0 Å². The average Bonchev–Trinajstić information content (AvgIpc) is 3.24. The highest BCUT2D eigenvalue weighted by molar-refractivity contribution is 5.70. The molecule has 0 saturated carbocycles. The molecule has 68 heavy (non-hydrogen) atoms. The zero-order chi connectivity index (χ0) is 50.6. The van der Waals surface area contributed by atoms with Crippen LogP contribution in [0.2, 0.25) is 0 Å². The van der Waals surface area contributed by atoms with Gasteiger partial charge in [-0.15, -0.1) is 0 Å². The molecule has 11 atom stereocenters. The number of ether oxygens (including phenoxy) is 12. The highest BCUT2D eigenvalue weighted by atomic mass is 16.8. The molecule has 0 aromatic carbocycles. The van der Waals surface area contributed by atoms with E-state index < -0.39 is 123 Å². The first-order chi connectivity index (χ1) is 32.3.